The third-order valence-corrected chi connectivity index (χ3v) is 6.51. The lowest BCUT2D eigenvalue weighted by atomic mass is 10.1. The van der Waals surface area contributed by atoms with Crippen molar-refractivity contribution in [2.75, 3.05) is 39.4 Å². The highest BCUT2D eigenvalue weighted by molar-refractivity contribution is 5.93. The molecule has 2 saturated heterocycles. The van der Waals surface area contributed by atoms with Crippen LogP contribution in [0.4, 0.5) is 0 Å². The normalized spacial score (nSPS) is 24.8. The number of pyridine rings is 1. The maximum Gasteiger partial charge on any atom is 0.260 e. The fourth-order valence-electron chi connectivity index (χ4n) is 4.55. The van der Waals surface area contributed by atoms with E-state index < -0.39 is 0 Å². The van der Waals surface area contributed by atoms with Crippen LogP contribution in [0, 0.1) is 12.8 Å². The first-order valence-electron chi connectivity index (χ1n) is 11.1. The Bertz CT molecular complexity index is 829. The number of nitrogens with one attached hydrogen (secondary N) is 2. The number of hydrogen-bond acceptors (Lipinski definition) is 5. The number of likely N-dealkylation sites (tertiary alicyclic amines) is 1. The Hall–Kier alpha value is -2.19. The molecule has 0 spiro atoms. The average Bonchev–Trinajstić information content (AvgIpc) is 3.48. The molecule has 1 aliphatic carbocycles. The molecule has 1 aromatic heterocycles. The Balaban J connectivity index is 1.35. The first kappa shape index (κ1) is 21.1. The molecule has 8 nitrogen and oxygen atoms in total. The molecule has 164 valence electrons. The van der Waals surface area contributed by atoms with Crippen LogP contribution in [0.25, 0.3) is 0 Å². The second-order valence-electron chi connectivity index (χ2n) is 8.82. The highest BCUT2D eigenvalue weighted by Gasteiger charge is 2.38. The number of aryl methyl sites for hydroxylation is 1. The predicted octanol–water partition coefficient (Wildman–Crippen LogP) is 0.905. The molecule has 3 fully saturated rings. The van der Waals surface area contributed by atoms with E-state index in [9.17, 15) is 14.4 Å². The van der Waals surface area contributed by atoms with E-state index in [4.69, 9.17) is 4.74 Å². The van der Waals surface area contributed by atoms with Crippen molar-refractivity contribution in [1.82, 2.24) is 20.1 Å². The van der Waals surface area contributed by atoms with E-state index in [1.807, 2.05) is 4.90 Å². The number of hydrogen-bond donors (Lipinski definition) is 2. The summed E-state index contributed by atoms with van der Waals surface area (Å²) in [6.07, 6.45) is 4.96. The molecule has 8 heteroatoms. The van der Waals surface area contributed by atoms with Crippen LogP contribution in [0.15, 0.2) is 16.9 Å². The van der Waals surface area contributed by atoms with Crippen molar-refractivity contribution in [3.63, 3.8) is 0 Å². The van der Waals surface area contributed by atoms with Crippen molar-refractivity contribution in [2.45, 2.75) is 51.1 Å². The minimum Gasteiger partial charge on any atom is -0.378 e. The zero-order valence-corrected chi connectivity index (χ0v) is 17.7. The number of amides is 2. The van der Waals surface area contributed by atoms with Crippen LogP contribution in [0.1, 0.15) is 48.2 Å². The molecule has 3 aliphatic rings. The lowest BCUT2D eigenvalue weighted by Crippen LogP contribution is -2.47. The zero-order chi connectivity index (χ0) is 21.1. The van der Waals surface area contributed by atoms with Gasteiger partial charge in [-0.2, -0.15) is 0 Å². The summed E-state index contributed by atoms with van der Waals surface area (Å²) in [5.74, 6) is 0.581. The van der Waals surface area contributed by atoms with Crippen LogP contribution < -0.4 is 10.9 Å². The van der Waals surface area contributed by atoms with E-state index in [0.29, 0.717) is 45.2 Å². The molecule has 0 bridgehead atoms. The van der Waals surface area contributed by atoms with Crippen LogP contribution >= 0.6 is 0 Å². The Kier molecular flexibility index (Phi) is 6.53. The third-order valence-electron chi connectivity index (χ3n) is 6.51. The first-order chi connectivity index (χ1) is 14.5. The standard InChI is InChI=1S/C22H32N4O4/c1-15-2-7-19(22(29)24-15)21(28)23-13-18-6-5-17(26(18)14-16-3-4-16)12-20(27)25-8-10-30-11-9-25/h2,7,16-18H,3-6,8-14H2,1H3,(H,23,28)(H,24,29)/t17-,18+/m1/s1. The molecule has 2 N–H and O–H groups in total. The van der Waals surface area contributed by atoms with Gasteiger partial charge in [0.25, 0.3) is 11.5 Å². The Labute approximate surface area is 177 Å². The fraction of sp³-hybridized carbons (Fsp3) is 0.682. The summed E-state index contributed by atoms with van der Waals surface area (Å²) >= 11 is 0. The monoisotopic (exact) mass is 416 g/mol. The van der Waals surface area contributed by atoms with Gasteiger partial charge in [-0.25, -0.2) is 0 Å². The molecule has 0 unspecified atom stereocenters. The molecule has 3 heterocycles. The summed E-state index contributed by atoms with van der Waals surface area (Å²) in [4.78, 5) is 44.3. The van der Waals surface area contributed by atoms with Crippen LogP contribution in [0.5, 0.6) is 0 Å². The highest BCUT2D eigenvalue weighted by atomic mass is 16.5. The maximum atomic E-state index is 12.8. The van der Waals surface area contributed by atoms with Gasteiger partial charge < -0.3 is 19.9 Å². The minimum absolute atomic E-state index is 0.145. The fourth-order valence-corrected chi connectivity index (χ4v) is 4.55. The number of rotatable bonds is 7. The molecular formula is C22H32N4O4. The molecule has 1 aromatic rings. The van der Waals surface area contributed by atoms with Crippen molar-refractivity contribution in [3.8, 4) is 0 Å². The van der Waals surface area contributed by atoms with Crippen molar-refractivity contribution in [1.29, 1.82) is 0 Å². The molecule has 2 atom stereocenters. The number of morpholine rings is 1. The van der Waals surface area contributed by atoms with E-state index in [0.717, 1.165) is 25.1 Å². The molecule has 2 aliphatic heterocycles. The third kappa shape index (κ3) is 5.10. The van der Waals surface area contributed by atoms with Gasteiger partial charge in [-0.05, 0) is 50.7 Å². The van der Waals surface area contributed by atoms with Crippen molar-refractivity contribution >= 4 is 11.8 Å². The lowest BCUT2D eigenvalue weighted by Gasteiger charge is -2.33. The van der Waals surface area contributed by atoms with Gasteiger partial charge in [0.2, 0.25) is 5.91 Å². The van der Waals surface area contributed by atoms with Gasteiger partial charge >= 0.3 is 0 Å². The zero-order valence-electron chi connectivity index (χ0n) is 17.7. The van der Waals surface area contributed by atoms with Gasteiger partial charge in [-0.3, -0.25) is 19.3 Å². The van der Waals surface area contributed by atoms with Gasteiger partial charge in [0.05, 0.1) is 13.2 Å². The van der Waals surface area contributed by atoms with E-state index in [-0.39, 0.29) is 35.0 Å². The van der Waals surface area contributed by atoms with E-state index in [1.54, 1.807) is 19.1 Å². The SMILES string of the molecule is Cc1ccc(C(=O)NC[C@@H]2CC[C@H](CC(=O)N3CCOCC3)N2CC2CC2)c(=O)[nH]1. The van der Waals surface area contributed by atoms with E-state index >= 15 is 0 Å². The highest BCUT2D eigenvalue weighted by Crippen LogP contribution is 2.35. The van der Waals surface area contributed by atoms with Crippen LogP contribution in [-0.4, -0.2) is 78.1 Å². The molecule has 2 amide bonds. The van der Waals surface area contributed by atoms with Gasteiger partial charge in [0, 0.05) is 50.4 Å². The van der Waals surface area contributed by atoms with Gasteiger partial charge in [0.15, 0.2) is 0 Å². The second-order valence-corrected chi connectivity index (χ2v) is 8.82. The summed E-state index contributed by atoms with van der Waals surface area (Å²) < 4.78 is 5.36. The van der Waals surface area contributed by atoms with Crippen LogP contribution in [0.2, 0.25) is 0 Å². The number of nitrogens with zero attached hydrogens (tertiary/aromatic N) is 2. The Morgan fingerprint density at radius 2 is 1.87 bits per heavy atom. The molecule has 30 heavy (non-hydrogen) atoms. The van der Waals surface area contributed by atoms with Crippen LogP contribution in [-0.2, 0) is 9.53 Å². The second kappa shape index (κ2) is 9.31. The molecule has 4 rings (SSSR count). The van der Waals surface area contributed by atoms with Crippen molar-refractivity contribution < 1.29 is 14.3 Å². The number of H-pyrrole nitrogens is 1. The van der Waals surface area contributed by atoms with Gasteiger partial charge in [0.1, 0.15) is 5.56 Å². The summed E-state index contributed by atoms with van der Waals surface area (Å²) in [7, 11) is 0. The quantitative estimate of drug-likeness (QED) is 0.689. The average molecular weight is 417 g/mol. The maximum absolute atomic E-state index is 12.8. The lowest BCUT2D eigenvalue weighted by molar-refractivity contribution is -0.136. The number of ether oxygens (including phenoxy) is 1. The van der Waals surface area contributed by atoms with E-state index in [2.05, 4.69) is 15.2 Å². The first-order valence-corrected chi connectivity index (χ1v) is 11.1. The summed E-state index contributed by atoms with van der Waals surface area (Å²) in [6.45, 7) is 5.88. The largest absolute Gasteiger partial charge is 0.378 e. The Morgan fingerprint density at radius 3 is 2.57 bits per heavy atom. The van der Waals surface area contributed by atoms with E-state index in [1.165, 1.54) is 12.8 Å². The van der Waals surface area contributed by atoms with Crippen LogP contribution in [0.3, 0.4) is 0 Å². The number of carbonyl (C=O) groups is 2. The summed E-state index contributed by atoms with van der Waals surface area (Å²) in [5.41, 5.74) is 0.518. The number of aromatic nitrogens is 1. The molecule has 0 aromatic carbocycles. The van der Waals surface area contributed by atoms with Gasteiger partial charge in [-0.1, -0.05) is 0 Å². The molecule has 1 saturated carbocycles. The number of carbonyl (C=O) groups excluding carboxylic acids is 2. The Morgan fingerprint density at radius 1 is 1.13 bits per heavy atom. The summed E-state index contributed by atoms with van der Waals surface area (Å²) in [5, 5.41) is 2.95. The minimum atomic E-state index is -0.359. The summed E-state index contributed by atoms with van der Waals surface area (Å²) in [6, 6.07) is 3.75. The number of aromatic amines is 1. The van der Waals surface area contributed by atoms with Crippen molar-refractivity contribution in [3.05, 3.63) is 33.7 Å². The van der Waals surface area contributed by atoms with Crippen molar-refractivity contribution in [2.24, 2.45) is 5.92 Å². The topological polar surface area (TPSA) is 94.7 Å². The van der Waals surface area contributed by atoms with Gasteiger partial charge in [-0.15, -0.1) is 0 Å². The smallest absolute Gasteiger partial charge is 0.260 e. The predicted molar refractivity (Wildman–Crippen MR) is 112 cm³/mol. The molecular weight excluding hydrogens is 384 g/mol. The molecule has 0 radical (unpaired) electrons.